The zero-order valence-corrected chi connectivity index (χ0v) is 10.1. The monoisotopic (exact) mass is 255 g/mol. The molecule has 18 heavy (non-hydrogen) atoms. The van der Waals surface area contributed by atoms with E-state index in [0.29, 0.717) is 13.0 Å². The van der Waals surface area contributed by atoms with Crippen molar-refractivity contribution in [3.8, 4) is 11.5 Å². The fourth-order valence-corrected chi connectivity index (χ4v) is 1.39. The van der Waals surface area contributed by atoms with Gasteiger partial charge in [0, 0.05) is 19.2 Å². The lowest BCUT2D eigenvalue weighted by Gasteiger charge is -2.10. The van der Waals surface area contributed by atoms with E-state index in [1.165, 1.54) is 25.3 Å². The number of benzene rings is 1. The van der Waals surface area contributed by atoms with Crippen LogP contribution >= 0.6 is 0 Å². The maximum atomic E-state index is 11.6. The van der Waals surface area contributed by atoms with E-state index in [4.69, 9.17) is 9.84 Å². The molecule has 100 valence electrons. The molecule has 0 radical (unpaired) electrons. The van der Waals surface area contributed by atoms with Gasteiger partial charge in [0.1, 0.15) is 0 Å². The number of hydrogen-bond acceptors (Lipinski definition) is 5. The van der Waals surface area contributed by atoms with E-state index in [1.54, 1.807) is 0 Å². The predicted octanol–water partition coefficient (Wildman–Crippen LogP) is 0.225. The molecule has 4 N–H and O–H groups in total. The molecule has 0 saturated carbocycles. The quantitative estimate of drug-likeness (QED) is 0.545. The number of aliphatic hydroxyl groups is 1. The third kappa shape index (κ3) is 4.23. The van der Waals surface area contributed by atoms with Crippen LogP contribution in [-0.2, 0) is 4.74 Å². The van der Waals surface area contributed by atoms with E-state index in [9.17, 15) is 15.0 Å². The van der Waals surface area contributed by atoms with E-state index in [0.717, 1.165) is 0 Å². The van der Waals surface area contributed by atoms with Crippen molar-refractivity contribution in [3.63, 3.8) is 0 Å². The Morgan fingerprint density at radius 1 is 1.39 bits per heavy atom. The van der Waals surface area contributed by atoms with Gasteiger partial charge in [-0.15, -0.1) is 0 Å². The van der Waals surface area contributed by atoms with Gasteiger partial charge in [-0.3, -0.25) is 4.79 Å². The molecular formula is C12H17NO5. The van der Waals surface area contributed by atoms with Crippen LogP contribution < -0.4 is 5.32 Å². The highest BCUT2D eigenvalue weighted by molar-refractivity contribution is 5.94. The van der Waals surface area contributed by atoms with Gasteiger partial charge < -0.3 is 25.4 Å². The fraction of sp³-hybridized carbons (Fsp3) is 0.417. The smallest absolute Gasteiger partial charge is 0.251 e. The fourth-order valence-electron chi connectivity index (χ4n) is 1.39. The molecule has 1 unspecified atom stereocenters. The number of amides is 1. The Labute approximate surface area is 105 Å². The van der Waals surface area contributed by atoms with E-state index in [2.05, 4.69) is 5.32 Å². The molecule has 0 bridgehead atoms. The lowest BCUT2D eigenvalue weighted by atomic mass is 10.2. The summed E-state index contributed by atoms with van der Waals surface area (Å²) in [5.41, 5.74) is 0.242. The Bertz CT molecular complexity index is 407. The lowest BCUT2D eigenvalue weighted by molar-refractivity contribution is 0.0587. The third-order valence-electron chi connectivity index (χ3n) is 2.36. The Morgan fingerprint density at radius 3 is 2.72 bits per heavy atom. The average Bonchev–Trinajstić information content (AvgIpc) is 2.33. The van der Waals surface area contributed by atoms with Gasteiger partial charge in [-0.05, 0) is 24.6 Å². The second kappa shape index (κ2) is 6.83. The maximum Gasteiger partial charge on any atom is 0.251 e. The second-order valence-electron chi connectivity index (χ2n) is 3.86. The number of phenols is 2. The van der Waals surface area contributed by atoms with Crippen molar-refractivity contribution in [2.24, 2.45) is 0 Å². The number of ether oxygens (including phenoxy) is 1. The Hall–Kier alpha value is -1.79. The SMILES string of the molecule is COCC(O)CCNC(=O)c1ccc(O)c(O)c1. The van der Waals surface area contributed by atoms with Crippen LogP contribution in [0.1, 0.15) is 16.8 Å². The van der Waals surface area contributed by atoms with Gasteiger partial charge in [0.2, 0.25) is 0 Å². The summed E-state index contributed by atoms with van der Waals surface area (Å²) in [4.78, 5) is 11.6. The van der Waals surface area contributed by atoms with Crippen molar-refractivity contribution in [1.82, 2.24) is 5.32 Å². The number of phenolic OH excluding ortho intramolecular Hbond substituents is 2. The molecule has 1 aromatic rings. The minimum Gasteiger partial charge on any atom is -0.504 e. The van der Waals surface area contributed by atoms with Crippen LogP contribution in [-0.4, -0.2) is 47.6 Å². The summed E-state index contributed by atoms with van der Waals surface area (Å²) in [6, 6.07) is 3.82. The maximum absolute atomic E-state index is 11.6. The van der Waals surface area contributed by atoms with Crippen molar-refractivity contribution >= 4 is 5.91 Å². The first-order valence-electron chi connectivity index (χ1n) is 5.51. The van der Waals surface area contributed by atoms with E-state index in [1.807, 2.05) is 0 Å². The summed E-state index contributed by atoms with van der Waals surface area (Å²) in [6.07, 6.45) is -0.243. The highest BCUT2D eigenvalue weighted by Crippen LogP contribution is 2.24. The Kier molecular flexibility index (Phi) is 5.41. The molecule has 0 aliphatic carbocycles. The largest absolute Gasteiger partial charge is 0.504 e. The standard InChI is InChI=1S/C12H17NO5/c1-18-7-9(14)4-5-13-12(17)8-2-3-10(15)11(16)6-8/h2-3,6,9,14-16H,4-5,7H2,1H3,(H,13,17). The lowest BCUT2D eigenvalue weighted by Crippen LogP contribution is -2.28. The average molecular weight is 255 g/mol. The van der Waals surface area contributed by atoms with Gasteiger partial charge in [0.05, 0.1) is 12.7 Å². The van der Waals surface area contributed by atoms with Crippen LogP contribution in [0, 0.1) is 0 Å². The number of aliphatic hydroxyl groups excluding tert-OH is 1. The van der Waals surface area contributed by atoms with Gasteiger partial charge in [-0.25, -0.2) is 0 Å². The normalized spacial score (nSPS) is 12.1. The molecule has 1 rings (SSSR count). The Morgan fingerprint density at radius 2 is 2.11 bits per heavy atom. The molecule has 1 amide bonds. The van der Waals surface area contributed by atoms with Gasteiger partial charge in [-0.1, -0.05) is 0 Å². The van der Waals surface area contributed by atoms with Crippen LogP contribution in [0.25, 0.3) is 0 Å². The molecule has 1 aromatic carbocycles. The number of methoxy groups -OCH3 is 1. The number of rotatable bonds is 6. The van der Waals surface area contributed by atoms with Crippen LogP contribution in [0.15, 0.2) is 18.2 Å². The molecule has 0 fully saturated rings. The van der Waals surface area contributed by atoms with Crippen molar-refractivity contribution in [3.05, 3.63) is 23.8 Å². The molecule has 0 aromatic heterocycles. The van der Waals surface area contributed by atoms with Crippen molar-refractivity contribution in [2.45, 2.75) is 12.5 Å². The van der Waals surface area contributed by atoms with Gasteiger partial charge in [0.25, 0.3) is 5.91 Å². The predicted molar refractivity (Wildman–Crippen MR) is 64.6 cm³/mol. The molecule has 0 aliphatic rings. The van der Waals surface area contributed by atoms with Crippen LogP contribution in [0.4, 0.5) is 0 Å². The molecule has 6 heteroatoms. The van der Waals surface area contributed by atoms with Crippen LogP contribution in [0.3, 0.4) is 0 Å². The highest BCUT2D eigenvalue weighted by Gasteiger charge is 2.09. The summed E-state index contributed by atoms with van der Waals surface area (Å²) >= 11 is 0. The molecule has 1 atom stereocenters. The van der Waals surface area contributed by atoms with Gasteiger partial charge in [-0.2, -0.15) is 0 Å². The molecule has 0 aliphatic heterocycles. The molecule has 0 heterocycles. The zero-order chi connectivity index (χ0) is 13.5. The van der Waals surface area contributed by atoms with E-state index in [-0.39, 0.29) is 29.6 Å². The third-order valence-corrected chi connectivity index (χ3v) is 2.36. The van der Waals surface area contributed by atoms with Crippen LogP contribution in [0.2, 0.25) is 0 Å². The van der Waals surface area contributed by atoms with E-state index < -0.39 is 6.10 Å². The number of hydrogen-bond donors (Lipinski definition) is 4. The molecule has 0 saturated heterocycles. The molecule has 0 spiro atoms. The topological polar surface area (TPSA) is 99.0 Å². The van der Waals surface area contributed by atoms with Crippen molar-refractivity contribution in [2.75, 3.05) is 20.3 Å². The summed E-state index contributed by atoms with van der Waals surface area (Å²) in [6.45, 7) is 0.515. The minimum atomic E-state index is -0.622. The minimum absolute atomic E-state index is 0.218. The van der Waals surface area contributed by atoms with E-state index >= 15 is 0 Å². The first kappa shape index (κ1) is 14.3. The number of aromatic hydroxyl groups is 2. The zero-order valence-electron chi connectivity index (χ0n) is 10.1. The Balaban J connectivity index is 2.43. The number of carbonyl (C=O) groups is 1. The first-order chi connectivity index (χ1) is 8.54. The number of carbonyl (C=O) groups excluding carboxylic acids is 1. The van der Waals surface area contributed by atoms with Gasteiger partial charge >= 0.3 is 0 Å². The summed E-state index contributed by atoms with van der Waals surface area (Å²) in [5, 5.41) is 30.3. The highest BCUT2D eigenvalue weighted by atomic mass is 16.5. The summed E-state index contributed by atoms with van der Waals surface area (Å²) in [7, 11) is 1.49. The summed E-state index contributed by atoms with van der Waals surface area (Å²) in [5.74, 6) is -1.00. The van der Waals surface area contributed by atoms with Crippen LogP contribution in [0.5, 0.6) is 11.5 Å². The molecule has 6 nitrogen and oxygen atoms in total. The second-order valence-corrected chi connectivity index (χ2v) is 3.86. The summed E-state index contributed by atoms with van der Waals surface area (Å²) < 4.78 is 4.75. The number of nitrogens with one attached hydrogen (secondary N) is 1. The molecular weight excluding hydrogens is 238 g/mol. The first-order valence-corrected chi connectivity index (χ1v) is 5.51. The van der Waals surface area contributed by atoms with Crippen molar-refractivity contribution < 1.29 is 24.9 Å². The van der Waals surface area contributed by atoms with Crippen molar-refractivity contribution in [1.29, 1.82) is 0 Å². The van der Waals surface area contributed by atoms with Gasteiger partial charge in [0.15, 0.2) is 11.5 Å².